The highest BCUT2D eigenvalue weighted by Gasteiger charge is 2.37. The molecule has 3 heterocycles. The number of nitrogens with zero attached hydrogens (tertiary/aromatic N) is 2. The lowest BCUT2D eigenvalue weighted by Crippen LogP contribution is -2.44. The van der Waals surface area contributed by atoms with Crippen molar-refractivity contribution in [1.29, 1.82) is 0 Å². The number of aryl methyl sites for hydroxylation is 1. The molecule has 0 spiro atoms. The third kappa shape index (κ3) is 3.93. The van der Waals surface area contributed by atoms with E-state index in [9.17, 15) is 4.79 Å². The molecule has 1 aromatic carbocycles. The van der Waals surface area contributed by atoms with Crippen molar-refractivity contribution in [2.75, 3.05) is 26.9 Å². The number of nitrogens with one attached hydrogen (secondary N) is 1. The monoisotopic (exact) mass is 411 g/mol. The van der Waals surface area contributed by atoms with Gasteiger partial charge in [0.05, 0.1) is 12.8 Å². The van der Waals surface area contributed by atoms with Gasteiger partial charge in [0, 0.05) is 43.1 Å². The van der Waals surface area contributed by atoms with Crippen LogP contribution in [-0.4, -0.2) is 42.3 Å². The summed E-state index contributed by atoms with van der Waals surface area (Å²) in [5.41, 5.74) is 1.66. The Labute approximate surface area is 174 Å². The topological polar surface area (TPSA) is 65.4 Å². The second kappa shape index (κ2) is 8.39. The fourth-order valence-electron chi connectivity index (χ4n) is 3.88. The standard InChI is InChI=1S/C22H25N3O3S/c1-16-19(29-21(24-16)25-11-5-6-12-25)20(26)23-15-22(9-13-28-14-10-22)17-7-3-4-8-18(17)27-2/h3-8,11-12H,9-10,13-15H2,1-2H3,(H,23,26). The van der Waals surface area contributed by atoms with Crippen molar-refractivity contribution >= 4 is 17.2 Å². The maximum absolute atomic E-state index is 13.0. The second-order valence-electron chi connectivity index (χ2n) is 7.28. The van der Waals surface area contributed by atoms with Gasteiger partial charge in [0.25, 0.3) is 5.91 Å². The Morgan fingerprint density at radius 2 is 1.97 bits per heavy atom. The summed E-state index contributed by atoms with van der Waals surface area (Å²) in [7, 11) is 1.69. The molecule has 6 nitrogen and oxygen atoms in total. The highest BCUT2D eigenvalue weighted by molar-refractivity contribution is 7.16. The summed E-state index contributed by atoms with van der Waals surface area (Å²) in [4.78, 5) is 18.2. The Kier molecular flexibility index (Phi) is 5.69. The van der Waals surface area contributed by atoms with Gasteiger partial charge in [0.15, 0.2) is 5.13 Å². The molecule has 3 aromatic rings. The van der Waals surface area contributed by atoms with E-state index in [0.29, 0.717) is 24.6 Å². The molecule has 1 aliphatic heterocycles. The molecular weight excluding hydrogens is 386 g/mol. The van der Waals surface area contributed by atoms with Gasteiger partial charge in [0.2, 0.25) is 0 Å². The molecule has 0 unspecified atom stereocenters. The third-order valence-electron chi connectivity index (χ3n) is 5.53. The van der Waals surface area contributed by atoms with Crippen molar-refractivity contribution < 1.29 is 14.3 Å². The highest BCUT2D eigenvalue weighted by atomic mass is 32.1. The molecule has 1 N–H and O–H groups in total. The van der Waals surface area contributed by atoms with Crippen molar-refractivity contribution in [1.82, 2.24) is 14.9 Å². The molecule has 2 aromatic heterocycles. The summed E-state index contributed by atoms with van der Waals surface area (Å²) < 4.78 is 13.1. The zero-order chi connectivity index (χ0) is 20.3. The van der Waals surface area contributed by atoms with Crippen LogP contribution in [0, 0.1) is 6.92 Å². The SMILES string of the molecule is COc1ccccc1C1(CNC(=O)c2sc(-n3cccc3)nc2C)CCOCC1. The average Bonchev–Trinajstić information content (AvgIpc) is 3.42. The lowest BCUT2D eigenvalue weighted by atomic mass is 9.73. The molecule has 1 amide bonds. The number of carbonyl (C=O) groups is 1. The molecule has 1 aliphatic rings. The summed E-state index contributed by atoms with van der Waals surface area (Å²) in [6, 6.07) is 12.0. The van der Waals surface area contributed by atoms with E-state index in [0.717, 1.165) is 35.0 Å². The van der Waals surface area contributed by atoms with Gasteiger partial charge >= 0.3 is 0 Å². The number of ether oxygens (including phenoxy) is 2. The van der Waals surface area contributed by atoms with Gasteiger partial charge in [-0.3, -0.25) is 4.79 Å². The van der Waals surface area contributed by atoms with Crippen molar-refractivity contribution in [3.05, 3.63) is 64.9 Å². The number of hydrogen-bond acceptors (Lipinski definition) is 5. The van der Waals surface area contributed by atoms with Crippen LogP contribution in [0.3, 0.4) is 0 Å². The van der Waals surface area contributed by atoms with Gasteiger partial charge < -0.3 is 19.4 Å². The van der Waals surface area contributed by atoms with Crippen molar-refractivity contribution in [2.45, 2.75) is 25.2 Å². The van der Waals surface area contributed by atoms with Crippen LogP contribution >= 0.6 is 11.3 Å². The first-order chi connectivity index (χ1) is 14.1. The number of benzene rings is 1. The first-order valence-electron chi connectivity index (χ1n) is 9.73. The molecule has 0 atom stereocenters. The Morgan fingerprint density at radius 3 is 2.69 bits per heavy atom. The Morgan fingerprint density at radius 1 is 1.24 bits per heavy atom. The van der Waals surface area contributed by atoms with Crippen molar-refractivity contribution in [3.63, 3.8) is 0 Å². The van der Waals surface area contributed by atoms with E-state index in [4.69, 9.17) is 9.47 Å². The lowest BCUT2D eigenvalue weighted by Gasteiger charge is -2.38. The number of aromatic nitrogens is 2. The Bertz CT molecular complexity index is 975. The molecular formula is C22H25N3O3S. The molecule has 0 aliphatic carbocycles. The number of carbonyl (C=O) groups excluding carboxylic acids is 1. The van der Waals surface area contributed by atoms with Crippen molar-refractivity contribution in [2.24, 2.45) is 0 Å². The average molecular weight is 412 g/mol. The third-order valence-corrected chi connectivity index (χ3v) is 6.70. The number of methoxy groups -OCH3 is 1. The highest BCUT2D eigenvalue weighted by Crippen LogP contribution is 2.39. The minimum Gasteiger partial charge on any atom is -0.496 e. The number of hydrogen-bond donors (Lipinski definition) is 1. The van der Waals surface area contributed by atoms with Gasteiger partial charge in [-0.1, -0.05) is 29.5 Å². The summed E-state index contributed by atoms with van der Waals surface area (Å²) in [5, 5.41) is 3.96. The van der Waals surface area contributed by atoms with Gasteiger partial charge in [0.1, 0.15) is 10.6 Å². The Hall–Kier alpha value is -2.64. The van der Waals surface area contributed by atoms with Crippen LogP contribution in [0.5, 0.6) is 5.75 Å². The van der Waals surface area contributed by atoms with E-state index in [1.54, 1.807) is 7.11 Å². The van der Waals surface area contributed by atoms with Gasteiger partial charge in [-0.15, -0.1) is 0 Å². The van der Waals surface area contributed by atoms with Crippen LogP contribution in [0.2, 0.25) is 0 Å². The van der Waals surface area contributed by atoms with Crippen LogP contribution in [0.15, 0.2) is 48.8 Å². The molecule has 0 bridgehead atoms. The predicted octanol–water partition coefficient (Wildman–Crippen LogP) is 3.73. The maximum atomic E-state index is 13.0. The minimum absolute atomic E-state index is 0.0841. The summed E-state index contributed by atoms with van der Waals surface area (Å²) in [5.74, 6) is 0.770. The summed E-state index contributed by atoms with van der Waals surface area (Å²) >= 11 is 1.40. The smallest absolute Gasteiger partial charge is 0.263 e. The largest absolute Gasteiger partial charge is 0.496 e. The molecule has 152 valence electrons. The van der Waals surface area contributed by atoms with E-state index in [1.165, 1.54) is 11.3 Å². The predicted molar refractivity (Wildman–Crippen MR) is 113 cm³/mol. The quantitative estimate of drug-likeness (QED) is 0.671. The van der Waals surface area contributed by atoms with E-state index in [-0.39, 0.29) is 11.3 Å². The van der Waals surface area contributed by atoms with Crippen LogP contribution in [0.4, 0.5) is 0 Å². The van der Waals surface area contributed by atoms with E-state index in [1.807, 2.05) is 54.2 Å². The first kappa shape index (κ1) is 19.7. The zero-order valence-electron chi connectivity index (χ0n) is 16.7. The van der Waals surface area contributed by atoms with Crippen LogP contribution in [0.25, 0.3) is 5.13 Å². The van der Waals surface area contributed by atoms with E-state index in [2.05, 4.69) is 16.4 Å². The molecule has 0 saturated carbocycles. The molecule has 29 heavy (non-hydrogen) atoms. The fourth-order valence-corrected chi connectivity index (χ4v) is 4.83. The van der Waals surface area contributed by atoms with Crippen LogP contribution in [-0.2, 0) is 10.2 Å². The van der Waals surface area contributed by atoms with Gasteiger partial charge in [-0.05, 0) is 38.0 Å². The second-order valence-corrected chi connectivity index (χ2v) is 8.25. The van der Waals surface area contributed by atoms with Crippen LogP contribution < -0.4 is 10.1 Å². The van der Waals surface area contributed by atoms with Crippen molar-refractivity contribution in [3.8, 4) is 10.9 Å². The maximum Gasteiger partial charge on any atom is 0.263 e. The molecule has 0 radical (unpaired) electrons. The molecule has 4 rings (SSSR count). The summed E-state index contributed by atoms with van der Waals surface area (Å²) in [6.07, 6.45) is 5.53. The fraction of sp³-hybridized carbons (Fsp3) is 0.364. The van der Waals surface area contributed by atoms with Crippen LogP contribution in [0.1, 0.15) is 33.8 Å². The number of rotatable bonds is 6. The molecule has 7 heteroatoms. The van der Waals surface area contributed by atoms with Gasteiger partial charge in [-0.2, -0.15) is 0 Å². The first-order valence-corrected chi connectivity index (χ1v) is 10.5. The molecule has 1 fully saturated rings. The lowest BCUT2D eigenvalue weighted by molar-refractivity contribution is 0.0479. The van der Waals surface area contributed by atoms with E-state index < -0.39 is 0 Å². The van der Waals surface area contributed by atoms with E-state index >= 15 is 0 Å². The zero-order valence-corrected chi connectivity index (χ0v) is 17.5. The normalized spacial score (nSPS) is 15.8. The molecule has 1 saturated heterocycles. The van der Waals surface area contributed by atoms with Gasteiger partial charge in [-0.25, -0.2) is 4.98 Å². The minimum atomic E-state index is -0.206. The number of para-hydroxylation sites is 1. The number of amides is 1. The Balaban J connectivity index is 1.56. The number of thiazole rings is 1. The summed E-state index contributed by atoms with van der Waals surface area (Å²) in [6.45, 7) is 3.76.